The van der Waals surface area contributed by atoms with Gasteiger partial charge < -0.3 is 10.0 Å². The number of nitrogens with zero attached hydrogens (tertiary/aromatic N) is 5. The first-order valence-electron chi connectivity index (χ1n) is 7.78. The Balaban J connectivity index is 1.60. The minimum atomic E-state index is -0.331. The fourth-order valence-electron chi connectivity index (χ4n) is 2.80. The van der Waals surface area contributed by atoms with E-state index in [2.05, 4.69) is 15.1 Å². The maximum atomic E-state index is 12.6. The third-order valence-electron chi connectivity index (χ3n) is 4.01. The van der Waals surface area contributed by atoms with Crippen LogP contribution in [0.4, 0.5) is 0 Å². The van der Waals surface area contributed by atoms with E-state index in [1.165, 1.54) is 0 Å². The van der Waals surface area contributed by atoms with Crippen molar-refractivity contribution in [2.75, 3.05) is 32.7 Å². The van der Waals surface area contributed by atoms with Crippen LogP contribution in [-0.2, 0) is 0 Å². The summed E-state index contributed by atoms with van der Waals surface area (Å²) in [5.41, 5.74) is 1.61. The lowest BCUT2D eigenvalue weighted by atomic mass is 10.1. The number of carbonyl (C=O) groups is 1. The molecule has 1 atom stereocenters. The molecule has 1 unspecified atom stereocenters. The van der Waals surface area contributed by atoms with Gasteiger partial charge in [0, 0.05) is 44.0 Å². The number of piperazine rings is 1. The first-order valence-corrected chi connectivity index (χ1v) is 7.78. The van der Waals surface area contributed by atoms with Crippen molar-refractivity contribution in [3.05, 3.63) is 42.5 Å². The summed E-state index contributed by atoms with van der Waals surface area (Å²) in [6.07, 6.45) is 2.92. The molecule has 0 spiro atoms. The van der Waals surface area contributed by atoms with Gasteiger partial charge in [-0.2, -0.15) is 0 Å². The van der Waals surface area contributed by atoms with Gasteiger partial charge in [0.05, 0.1) is 6.10 Å². The van der Waals surface area contributed by atoms with E-state index in [0.717, 1.165) is 18.8 Å². The molecule has 1 aliphatic heterocycles. The summed E-state index contributed by atoms with van der Waals surface area (Å²) in [6, 6.07) is 7.44. The molecule has 0 saturated carbocycles. The predicted molar refractivity (Wildman–Crippen MR) is 85.4 cm³/mol. The van der Waals surface area contributed by atoms with Crippen molar-refractivity contribution >= 4 is 5.91 Å². The van der Waals surface area contributed by atoms with Crippen molar-refractivity contribution in [3.8, 4) is 5.69 Å². The van der Waals surface area contributed by atoms with Crippen LogP contribution in [0, 0.1) is 0 Å². The Labute approximate surface area is 135 Å². The van der Waals surface area contributed by atoms with Crippen LogP contribution in [0.15, 0.2) is 36.9 Å². The molecule has 0 bridgehead atoms. The van der Waals surface area contributed by atoms with Gasteiger partial charge >= 0.3 is 0 Å². The molecule has 1 aromatic carbocycles. The van der Waals surface area contributed by atoms with Crippen molar-refractivity contribution in [3.63, 3.8) is 0 Å². The summed E-state index contributed by atoms with van der Waals surface area (Å²) < 4.78 is 1.79. The minimum absolute atomic E-state index is 0.0528. The summed E-state index contributed by atoms with van der Waals surface area (Å²) in [5.74, 6) is 0.0528. The van der Waals surface area contributed by atoms with Gasteiger partial charge in [-0.15, -0.1) is 10.2 Å². The number of amides is 1. The van der Waals surface area contributed by atoms with E-state index in [0.29, 0.717) is 25.2 Å². The molecular weight excluding hydrogens is 294 g/mol. The van der Waals surface area contributed by atoms with Gasteiger partial charge in [-0.3, -0.25) is 14.3 Å². The van der Waals surface area contributed by atoms with Gasteiger partial charge in [0.15, 0.2) is 0 Å². The monoisotopic (exact) mass is 315 g/mol. The maximum Gasteiger partial charge on any atom is 0.253 e. The molecule has 23 heavy (non-hydrogen) atoms. The average molecular weight is 315 g/mol. The van der Waals surface area contributed by atoms with Crippen LogP contribution in [0.1, 0.15) is 17.3 Å². The van der Waals surface area contributed by atoms with E-state index in [4.69, 9.17) is 0 Å². The largest absolute Gasteiger partial charge is 0.392 e. The summed E-state index contributed by atoms with van der Waals surface area (Å²) in [7, 11) is 0. The van der Waals surface area contributed by atoms with Crippen molar-refractivity contribution < 1.29 is 9.90 Å². The highest BCUT2D eigenvalue weighted by Gasteiger charge is 2.22. The lowest BCUT2D eigenvalue weighted by Crippen LogP contribution is -2.50. The Morgan fingerprint density at radius 1 is 1.13 bits per heavy atom. The summed E-state index contributed by atoms with van der Waals surface area (Å²) >= 11 is 0. The number of benzene rings is 1. The zero-order valence-corrected chi connectivity index (χ0v) is 13.2. The van der Waals surface area contributed by atoms with Gasteiger partial charge in [0.2, 0.25) is 0 Å². The Morgan fingerprint density at radius 3 is 2.30 bits per heavy atom. The number of hydrogen-bond acceptors (Lipinski definition) is 5. The van der Waals surface area contributed by atoms with Gasteiger partial charge in [0.1, 0.15) is 12.7 Å². The number of aliphatic hydroxyl groups excluding tert-OH is 1. The number of β-amino-alcohol motifs (C(OH)–C–C–N with tert-alkyl or cyclic N) is 1. The van der Waals surface area contributed by atoms with Crippen LogP contribution >= 0.6 is 0 Å². The van der Waals surface area contributed by atoms with Gasteiger partial charge in [-0.05, 0) is 31.2 Å². The van der Waals surface area contributed by atoms with Gasteiger partial charge in [-0.1, -0.05) is 0 Å². The molecule has 2 heterocycles. The van der Waals surface area contributed by atoms with Crippen molar-refractivity contribution in [2.45, 2.75) is 13.0 Å². The van der Waals surface area contributed by atoms with E-state index in [-0.39, 0.29) is 12.0 Å². The molecule has 122 valence electrons. The third-order valence-corrected chi connectivity index (χ3v) is 4.01. The average Bonchev–Trinajstić information content (AvgIpc) is 3.09. The van der Waals surface area contributed by atoms with E-state index >= 15 is 0 Å². The zero-order valence-electron chi connectivity index (χ0n) is 13.2. The van der Waals surface area contributed by atoms with E-state index in [1.54, 1.807) is 24.1 Å². The molecule has 0 radical (unpaired) electrons. The fourth-order valence-corrected chi connectivity index (χ4v) is 2.80. The Hall–Kier alpha value is -2.25. The maximum absolute atomic E-state index is 12.6. The number of aromatic nitrogens is 3. The number of aliphatic hydroxyl groups is 1. The molecule has 1 saturated heterocycles. The van der Waals surface area contributed by atoms with Crippen LogP contribution in [-0.4, -0.2) is 74.4 Å². The number of hydrogen-bond donors (Lipinski definition) is 1. The Kier molecular flexibility index (Phi) is 4.68. The minimum Gasteiger partial charge on any atom is -0.392 e. The predicted octanol–water partition coefficient (Wildman–Crippen LogP) is 0.406. The standard InChI is InChI=1S/C16H21N5O2/c1-13(22)10-19-6-8-20(9-7-19)16(23)14-2-4-15(5-3-14)21-11-17-18-12-21/h2-5,11-13,22H,6-10H2,1H3. The lowest BCUT2D eigenvalue weighted by Gasteiger charge is -2.35. The molecule has 1 fully saturated rings. The van der Waals surface area contributed by atoms with Gasteiger partial charge in [0.25, 0.3) is 5.91 Å². The van der Waals surface area contributed by atoms with Crippen LogP contribution in [0.25, 0.3) is 5.69 Å². The first kappa shape index (κ1) is 15.6. The Bertz CT molecular complexity index is 631. The molecule has 7 heteroatoms. The molecule has 1 amide bonds. The molecule has 1 N–H and O–H groups in total. The normalized spacial score (nSPS) is 17.2. The second kappa shape index (κ2) is 6.89. The molecule has 1 aliphatic rings. The SMILES string of the molecule is CC(O)CN1CCN(C(=O)c2ccc(-n3cnnc3)cc2)CC1. The second-order valence-corrected chi connectivity index (χ2v) is 5.86. The highest BCUT2D eigenvalue weighted by Crippen LogP contribution is 2.12. The van der Waals surface area contributed by atoms with Gasteiger partial charge in [-0.25, -0.2) is 0 Å². The Morgan fingerprint density at radius 2 is 1.74 bits per heavy atom. The van der Waals surface area contributed by atoms with Crippen LogP contribution in [0.5, 0.6) is 0 Å². The van der Waals surface area contributed by atoms with Crippen LogP contribution in [0.3, 0.4) is 0 Å². The number of rotatable bonds is 4. The fraction of sp³-hybridized carbons (Fsp3) is 0.438. The van der Waals surface area contributed by atoms with Crippen molar-refractivity contribution in [2.24, 2.45) is 0 Å². The summed E-state index contributed by atoms with van der Waals surface area (Å²) in [5, 5.41) is 17.0. The highest BCUT2D eigenvalue weighted by atomic mass is 16.3. The number of carbonyl (C=O) groups excluding carboxylic acids is 1. The van der Waals surface area contributed by atoms with Crippen LogP contribution < -0.4 is 0 Å². The molecule has 3 rings (SSSR count). The smallest absolute Gasteiger partial charge is 0.253 e. The van der Waals surface area contributed by atoms with Crippen LogP contribution in [0.2, 0.25) is 0 Å². The van der Waals surface area contributed by atoms with E-state index < -0.39 is 0 Å². The summed E-state index contributed by atoms with van der Waals surface area (Å²) in [6.45, 7) is 5.44. The molecule has 2 aromatic rings. The molecule has 0 aliphatic carbocycles. The molecule has 1 aromatic heterocycles. The van der Waals surface area contributed by atoms with Crippen molar-refractivity contribution in [1.82, 2.24) is 24.6 Å². The quantitative estimate of drug-likeness (QED) is 0.884. The zero-order chi connectivity index (χ0) is 16.2. The molecular formula is C16H21N5O2. The topological polar surface area (TPSA) is 74.5 Å². The summed E-state index contributed by atoms with van der Waals surface area (Å²) in [4.78, 5) is 16.6. The van der Waals surface area contributed by atoms with E-state index in [1.807, 2.05) is 29.2 Å². The highest BCUT2D eigenvalue weighted by molar-refractivity contribution is 5.94. The lowest BCUT2D eigenvalue weighted by molar-refractivity contribution is 0.0554. The van der Waals surface area contributed by atoms with E-state index in [9.17, 15) is 9.90 Å². The third kappa shape index (κ3) is 3.75. The second-order valence-electron chi connectivity index (χ2n) is 5.86. The first-order chi connectivity index (χ1) is 11.1. The molecule has 7 nitrogen and oxygen atoms in total. The van der Waals surface area contributed by atoms with Crippen molar-refractivity contribution in [1.29, 1.82) is 0 Å².